The third kappa shape index (κ3) is 3.76. The summed E-state index contributed by atoms with van der Waals surface area (Å²) in [6, 6.07) is 21.2. The van der Waals surface area contributed by atoms with Gasteiger partial charge in [0.2, 0.25) is 5.91 Å². The lowest BCUT2D eigenvalue weighted by molar-refractivity contribution is -0.121. The molecule has 0 saturated carbocycles. The van der Waals surface area contributed by atoms with Gasteiger partial charge in [-0.3, -0.25) is 4.79 Å². The molecule has 3 aromatic rings. The maximum Gasteiger partial charge on any atom is 0.232 e. The molecule has 3 aromatic carbocycles. The average Bonchev–Trinajstić information content (AvgIpc) is 2.77. The number of benzene rings is 3. The van der Waals surface area contributed by atoms with E-state index >= 15 is 0 Å². The molecule has 148 valence electrons. The lowest BCUT2D eigenvalue weighted by Crippen LogP contribution is -2.33. The largest absolute Gasteiger partial charge is 0.493 e. The van der Waals surface area contributed by atoms with Gasteiger partial charge in [0.05, 0.1) is 20.1 Å². The highest BCUT2D eigenvalue weighted by atomic mass is 16.5. The Morgan fingerprint density at radius 3 is 2.14 bits per heavy atom. The van der Waals surface area contributed by atoms with E-state index in [2.05, 4.69) is 5.32 Å². The Balaban J connectivity index is 1.49. The summed E-state index contributed by atoms with van der Waals surface area (Å²) in [6.07, 6.45) is 0.693. The molecule has 0 aliphatic carbocycles. The Morgan fingerprint density at radius 1 is 0.897 bits per heavy atom. The van der Waals surface area contributed by atoms with Crippen molar-refractivity contribution < 1.29 is 19.0 Å². The van der Waals surface area contributed by atoms with Crippen LogP contribution in [0.1, 0.15) is 22.6 Å². The highest BCUT2D eigenvalue weighted by Gasteiger charge is 2.32. The van der Waals surface area contributed by atoms with E-state index < -0.39 is 0 Å². The van der Waals surface area contributed by atoms with E-state index in [1.54, 1.807) is 14.2 Å². The summed E-state index contributed by atoms with van der Waals surface area (Å²) in [5.41, 5.74) is 2.83. The Kier molecular flexibility index (Phi) is 5.38. The first-order valence-electron chi connectivity index (χ1n) is 9.55. The van der Waals surface area contributed by atoms with Crippen LogP contribution in [-0.4, -0.2) is 26.7 Å². The Bertz CT molecular complexity index is 985. The van der Waals surface area contributed by atoms with E-state index in [0.29, 0.717) is 24.5 Å². The van der Waals surface area contributed by atoms with Crippen LogP contribution in [0.2, 0.25) is 0 Å². The Labute approximate surface area is 170 Å². The molecule has 0 spiro atoms. The summed E-state index contributed by atoms with van der Waals surface area (Å²) < 4.78 is 16.6. The van der Waals surface area contributed by atoms with Crippen LogP contribution in [0.15, 0.2) is 66.7 Å². The lowest BCUT2D eigenvalue weighted by atomic mass is 9.87. The van der Waals surface area contributed by atoms with Gasteiger partial charge in [-0.15, -0.1) is 0 Å². The van der Waals surface area contributed by atoms with Crippen molar-refractivity contribution in [2.75, 3.05) is 20.8 Å². The van der Waals surface area contributed by atoms with Crippen LogP contribution in [0.25, 0.3) is 0 Å². The van der Waals surface area contributed by atoms with Crippen LogP contribution in [-0.2, 0) is 11.2 Å². The quantitative estimate of drug-likeness (QED) is 0.683. The molecule has 5 nitrogen and oxygen atoms in total. The zero-order valence-corrected chi connectivity index (χ0v) is 16.5. The molecule has 1 N–H and O–H groups in total. The standard InChI is InChI=1S/C24H23NO4/c1-27-21-12-11-16(15-22(21)28-2)13-14-25-24(26)23-17-7-3-5-9-19(17)29-20-10-6-4-8-18(20)23/h3-12,15,23H,13-14H2,1-2H3,(H,25,26). The molecule has 5 heteroatoms. The van der Waals surface area contributed by atoms with Crippen LogP contribution in [0.5, 0.6) is 23.0 Å². The molecule has 1 aliphatic rings. The minimum atomic E-state index is -0.387. The van der Waals surface area contributed by atoms with Crippen molar-refractivity contribution in [3.05, 3.63) is 83.4 Å². The zero-order chi connectivity index (χ0) is 20.2. The minimum absolute atomic E-state index is 0.0336. The molecule has 1 amide bonds. The summed E-state index contributed by atoms with van der Waals surface area (Å²) in [4.78, 5) is 13.1. The monoisotopic (exact) mass is 389 g/mol. The number of fused-ring (bicyclic) bond motifs is 2. The van der Waals surface area contributed by atoms with Gasteiger partial charge in [-0.25, -0.2) is 0 Å². The van der Waals surface area contributed by atoms with E-state index in [9.17, 15) is 4.79 Å². The van der Waals surface area contributed by atoms with Gasteiger partial charge in [0.15, 0.2) is 11.5 Å². The predicted octanol–water partition coefficient (Wildman–Crippen LogP) is 4.30. The average molecular weight is 389 g/mol. The number of ether oxygens (including phenoxy) is 3. The summed E-state index contributed by atoms with van der Waals surface area (Å²) in [5.74, 6) is 2.41. The third-order valence-corrected chi connectivity index (χ3v) is 5.10. The SMILES string of the molecule is COc1ccc(CCNC(=O)C2c3ccccc3Oc3ccccc32)cc1OC. The number of methoxy groups -OCH3 is 2. The molecule has 4 rings (SSSR count). The molecular formula is C24H23NO4. The van der Waals surface area contributed by atoms with E-state index in [4.69, 9.17) is 14.2 Å². The summed E-state index contributed by atoms with van der Waals surface area (Å²) in [5, 5.41) is 3.08. The molecule has 0 atom stereocenters. The molecule has 1 heterocycles. The smallest absolute Gasteiger partial charge is 0.232 e. The number of carbonyl (C=O) groups is 1. The van der Waals surface area contributed by atoms with Crippen LogP contribution in [0.3, 0.4) is 0 Å². The fourth-order valence-electron chi connectivity index (χ4n) is 3.66. The van der Waals surface area contributed by atoms with E-state index in [1.165, 1.54) is 0 Å². The van der Waals surface area contributed by atoms with E-state index in [0.717, 1.165) is 28.2 Å². The number of rotatable bonds is 6. The van der Waals surface area contributed by atoms with Gasteiger partial charge < -0.3 is 19.5 Å². The van der Waals surface area contributed by atoms with Crippen LogP contribution >= 0.6 is 0 Å². The van der Waals surface area contributed by atoms with Crippen molar-refractivity contribution in [3.63, 3.8) is 0 Å². The van der Waals surface area contributed by atoms with Gasteiger partial charge in [-0.2, -0.15) is 0 Å². The predicted molar refractivity (Wildman–Crippen MR) is 111 cm³/mol. The molecule has 0 bridgehead atoms. The number of carbonyl (C=O) groups excluding carboxylic acids is 1. The van der Waals surface area contributed by atoms with Crippen LogP contribution < -0.4 is 19.5 Å². The topological polar surface area (TPSA) is 56.8 Å². The minimum Gasteiger partial charge on any atom is -0.493 e. The highest BCUT2D eigenvalue weighted by Crippen LogP contribution is 2.43. The van der Waals surface area contributed by atoms with Crippen molar-refractivity contribution in [1.82, 2.24) is 5.32 Å². The number of amides is 1. The molecule has 0 fully saturated rings. The maximum atomic E-state index is 13.1. The van der Waals surface area contributed by atoms with Crippen LogP contribution in [0.4, 0.5) is 0 Å². The van der Waals surface area contributed by atoms with Crippen molar-refractivity contribution in [2.45, 2.75) is 12.3 Å². The second kappa shape index (κ2) is 8.27. The van der Waals surface area contributed by atoms with Gasteiger partial charge in [-0.1, -0.05) is 42.5 Å². The first-order valence-corrected chi connectivity index (χ1v) is 9.55. The summed E-state index contributed by atoms with van der Waals surface area (Å²) in [6.45, 7) is 0.524. The third-order valence-electron chi connectivity index (χ3n) is 5.10. The maximum absolute atomic E-state index is 13.1. The second-order valence-electron chi connectivity index (χ2n) is 6.84. The Hall–Kier alpha value is -3.47. The zero-order valence-electron chi connectivity index (χ0n) is 16.5. The first-order chi connectivity index (χ1) is 14.2. The van der Waals surface area contributed by atoms with Crippen molar-refractivity contribution in [3.8, 4) is 23.0 Å². The van der Waals surface area contributed by atoms with Crippen molar-refractivity contribution >= 4 is 5.91 Å². The van der Waals surface area contributed by atoms with E-state index in [-0.39, 0.29) is 11.8 Å². The first kappa shape index (κ1) is 18.9. The van der Waals surface area contributed by atoms with Gasteiger partial charge >= 0.3 is 0 Å². The van der Waals surface area contributed by atoms with E-state index in [1.807, 2.05) is 66.7 Å². The molecule has 0 radical (unpaired) electrons. The number of nitrogens with one attached hydrogen (secondary N) is 1. The summed E-state index contributed by atoms with van der Waals surface area (Å²) >= 11 is 0. The molecule has 29 heavy (non-hydrogen) atoms. The lowest BCUT2D eigenvalue weighted by Gasteiger charge is -2.27. The van der Waals surface area contributed by atoms with Gasteiger partial charge in [0.1, 0.15) is 11.5 Å². The molecule has 0 aromatic heterocycles. The van der Waals surface area contributed by atoms with Crippen molar-refractivity contribution in [2.24, 2.45) is 0 Å². The fourth-order valence-corrected chi connectivity index (χ4v) is 3.66. The van der Waals surface area contributed by atoms with Gasteiger partial charge in [0, 0.05) is 17.7 Å². The van der Waals surface area contributed by atoms with Crippen molar-refractivity contribution in [1.29, 1.82) is 0 Å². The van der Waals surface area contributed by atoms with Gasteiger partial charge in [0.25, 0.3) is 0 Å². The molecular weight excluding hydrogens is 366 g/mol. The Morgan fingerprint density at radius 2 is 1.52 bits per heavy atom. The number of hydrogen-bond donors (Lipinski definition) is 1. The number of hydrogen-bond acceptors (Lipinski definition) is 4. The van der Waals surface area contributed by atoms with Crippen LogP contribution in [0, 0.1) is 0 Å². The fraction of sp³-hybridized carbons (Fsp3) is 0.208. The normalized spacial score (nSPS) is 12.3. The second-order valence-corrected chi connectivity index (χ2v) is 6.84. The molecule has 0 unspecified atom stereocenters. The molecule has 0 saturated heterocycles. The number of para-hydroxylation sites is 2. The molecule has 1 aliphatic heterocycles. The van der Waals surface area contributed by atoms with Gasteiger partial charge in [-0.05, 0) is 36.2 Å². The summed E-state index contributed by atoms with van der Waals surface area (Å²) in [7, 11) is 3.23. The highest BCUT2D eigenvalue weighted by molar-refractivity contribution is 5.89.